The van der Waals surface area contributed by atoms with Gasteiger partial charge in [-0.3, -0.25) is 0 Å². The fourth-order valence-electron chi connectivity index (χ4n) is 1.83. The lowest BCUT2D eigenvalue weighted by atomic mass is 10.2. The number of sulfonamides is 1. The predicted molar refractivity (Wildman–Crippen MR) is 70.8 cm³/mol. The van der Waals surface area contributed by atoms with E-state index in [0.29, 0.717) is 6.42 Å². The van der Waals surface area contributed by atoms with Crippen molar-refractivity contribution in [2.75, 3.05) is 23.7 Å². The van der Waals surface area contributed by atoms with Crippen LogP contribution in [0.5, 0.6) is 0 Å². The van der Waals surface area contributed by atoms with Gasteiger partial charge in [-0.05, 0) is 18.6 Å². The molecule has 0 spiro atoms. The average Bonchev–Trinajstić information content (AvgIpc) is 2.25. The van der Waals surface area contributed by atoms with Crippen LogP contribution >= 0.6 is 0 Å². The molecule has 0 amide bonds. The number of benzene rings is 1. The zero-order valence-corrected chi connectivity index (χ0v) is 11.6. The minimum absolute atomic E-state index is 0.00991. The van der Waals surface area contributed by atoms with E-state index in [4.69, 9.17) is 10.9 Å². The summed E-state index contributed by atoms with van der Waals surface area (Å²) in [5.41, 5.74) is 5.39. The van der Waals surface area contributed by atoms with E-state index in [1.807, 2.05) is 0 Å². The van der Waals surface area contributed by atoms with E-state index in [0.717, 1.165) is 11.0 Å². The molecule has 0 heterocycles. The smallest absolute Gasteiger partial charge is 0.396 e. The highest BCUT2D eigenvalue weighted by Gasteiger charge is 2.31. The Kier molecular flexibility index (Phi) is 4.87. The zero-order valence-electron chi connectivity index (χ0n) is 10.8. The Hall–Kier alpha value is -1.48. The van der Waals surface area contributed by atoms with Crippen molar-refractivity contribution in [3.63, 3.8) is 0 Å². The fraction of sp³-hybridized carbons (Fsp3) is 0.455. The first-order valence-corrected chi connectivity index (χ1v) is 7.34. The second-order valence-corrected chi connectivity index (χ2v) is 5.80. The summed E-state index contributed by atoms with van der Waals surface area (Å²) in [6.45, 7) is 0.597. The van der Waals surface area contributed by atoms with Gasteiger partial charge >= 0.3 is 6.18 Å². The molecule has 1 aromatic carbocycles. The summed E-state index contributed by atoms with van der Waals surface area (Å²) >= 11 is 0. The third-order valence-electron chi connectivity index (χ3n) is 2.55. The van der Waals surface area contributed by atoms with Gasteiger partial charge in [-0.1, -0.05) is 13.0 Å². The molecular formula is C11H16F3N3O2S. The van der Waals surface area contributed by atoms with Gasteiger partial charge in [0.1, 0.15) is 11.4 Å². The van der Waals surface area contributed by atoms with Crippen molar-refractivity contribution >= 4 is 21.4 Å². The molecule has 0 atom stereocenters. The first-order valence-electron chi connectivity index (χ1n) is 5.79. The lowest BCUT2D eigenvalue weighted by Crippen LogP contribution is -2.35. The standard InChI is InChI=1S/C11H16F3N3O2S/c1-2-6-17(7-11(12,13)14)8-4-3-5-9(10(8)15)20(16,18)19/h3-5H,2,6-7,15H2,1H3,(H2,16,18,19). The summed E-state index contributed by atoms with van der Waals surface area (Å²) in [6, 6.07) is 3.81. The van der Waals surface area contributed by atoms with E-state index in [1.54, 1.807) is 6.92 Å². The number of rotatable bonds is 5. The number of para-hydroxylation sites is 1. The van der Waals surface area contributed by atoms with Crippen LogP contribution in [-0.4, -0.2) is 27.7 Å². The first-order chi connectivity index (χ1) is 9.06. The number of hydrogen-bond donors (Lipinski definition) is 2. The van der Waals surface area contributed by atoms with Gasteiger partial charge in [-0.2, -0.15) is 13.2 Å². The predicted octanol–water partition coefficient (Wildman–Crippen LogP) is 1.69. The monoisotopic (exact) mass is 311 g/mol. The summed E-state index contributed by atoms with van der Waals surface area (Å²) in [4.78, 5) is 0.613. The molecule has 0 unspecified atom stereocenters. The van der Waals surface area contributed by atoms with Gasteiger partial charge in [0.25, 0.3) is 0 Å². The molecule has 0 aliphatic carbocycles. The lowest BCUT2D eigenvalue weighted by molar-refractivity contribution is -0.119. The number of alkyl halides is 3. The molecule has 0 aliphatic rings. The van der Waals surface area contributed by atoms with Crippen molar-refractivity contribution in [2.24, 2.45) is 5.14 Å². The van der Waals surface area contributed by atoms with E-state index < -0.39 is 22.7 Å². The Morgan fingerprint density at radius 2 is 1.90 bits per heavy atom. The third kappa shape index (κ3) is 4.27. The molecule has 5 nitrogen and oxygen atoms in total. The molecule has 9 heteroatoms. The van der Waals surface area contributed by atoms with Gasteiger partial charge in [0, 0.05) is 6.54 Å². The number of halogens is 3. The van der Waals surface area contributed by atoms with Crippen LogP contribution in [0.15, 0.2) is 23.1 Å². The van der Waals surface area contributed by atoms with Crippen LogP contribution < -0.4 is 15.8 Å². The van der Waals surface area contributed by atoms with Crippen molar-refractivity contribution in [3.05, 3.63) is 18.2 Å². The first kappa shape index (κ1) is 16.6. The van der Waals surface area contributed by atoms with Gasteiger partial charge in [-0.25, -0.2) is 13.6 Å². The fourth-order valence-corrected chi connectivity index (χ4v) is 2.51. The average molecular weight is 311 g/mol. The molecule has 1 rings (SSSR count). The lowest BCUT2D eigenvalue weighted by Gasteiger charge is -2.27. The van der Waals surface area contributed by atoms with Crippen molar-refractivity contribution in [3.8, 4) is 0 Å². The molecule has 0 radical (unpaired) electrons. The van der Waals surface area contributed by atoms with E-state index in [-0.39, 0.29) is 22.8 Å². The Morgan fingerprint density at radius 3 is 2.35 bits per heavy atom. The minimum atomic E-state index is -4.42. The third-order valence-corrected chi connectivity index (χ3v) is 3.52. The normalized spacial score (nSPS) is 12.4. The summed E-state index contributed by atoms with van der Waals surface area (Å²) in [6.07, 6.45) is -3.96. The highest BCUT2D eigenvalue weighted by molar-refractivity contribution is 7.89. The van der Waals surface area contributed by atoms with E-state index in [1.165, 1.54) is 12.1 Å². The molecule has 1 aromatic rings. The summed E-state index contributed by atoms with van der Waals surface area (Å²) in [5.74, 6) is 0. The zero-order chi connectivity index (χ0) is 15.6. The van der Waals surface area contributed by atoms with Crippen molar-refractivity contribution in [2.45, 2.75) is 24.4 Å². The van der Waals surface area contributed by atoms with Gasteiger partial charge in [-0.15, -0.1) is 0 Å². The van der Waals surface area contributed by atoms with Gasteiger partial charge in [0.15, 0.2) is 0 Å². The largest absolute Gasteiger partial charge is 0.405 e. The maximum Gasteiger partial charge on any atom is 0.405 e. The highest BCUT2D eigenvalue weighted by atomic mass is 32.2. The molecule has 0 bridgehead atoms. The maximum absolute atomic E-state index is 12.6. The van der Waals surface area contributed by atoms with Crippen molar-refractivity contribution in [1.82, 2.24) is 0 Å². The minimum Gasteiger partial charge on any atom is -0.396 e. The molecule has 20 heavy (non-hydrogen) atoms. The van der Waals surface area contributed by atoms with Crippen LogP contribution in [0.4, 0.5) is 24.5 Å². The van der Waals surface area contributed by atoms with Crippen LogP contribution in [0.25, 0.3) is 0 Å². The van der Waals surface area contributed by atoms with Gasteiger partial charge < -0.3 is 10.6 Å². The summed E-state index contributed by atoms with van der Waals surface area (Å²) < 4.78 is 60.3. The van der Waals surface area contributed by atoms with E-state index in [9.17, 15) is 21.6 Å². The molecule has 0 saturated heterocycles. The van der Waals surface area contributed by atoms with E-state index >= 15 is 0 Å². The van der Waals surface area contributed by atoms with Crippen molar-refractivity contribution in [1.29, 1.82) is 0 Å². The Morgan fingerprint density at radius 1 is 1.30 bits per heavy atom. The van der Waals surface area contributed by atoms with Gasteiger partial charge in [0.05, 0.1) is 11.4 Å². The second kappa shape index (κ2) is 5.88. The number of nitrogen functional groups attached to an aromatic ring is 1. The summed E-state index contributed by atoms with van der Waals surface area (Å²) in [5, 5.41) is 4.98. The SMILES string of the molecule is CCCN(CC(F)(F)F)c1cccc(S(N)(=O)=O)c1N. The molecule has 0 aliphatic heterocycles. The Labute approximate surface area is 115 Å². The molecule has 0 fully saturated rings. The number of nitrogens with zero attached hydrogens (tertiary/aromatic N) is 1. The van der Waals surface area contributed by atoms with Gasteiger partial charge in [0.2, 0.25) is 10.0 Å². The summed E-state index contributed by atoms with van der Waals surface area (Å²) in [7, 11) is -4.08. The van der Waals surface area contributed by atoms with Crippen LogP contribution in [0, 0.1) is 0 Å². The van der Waals surface area contributed by atoms with Crippen LogP contribution in [0.1, 0.15) is 13.3 Å². The molecule has 0 saturated carbocycles. The topological polar surface area (TPSA) is 89.4 Å². The molecule has 4 N–H and O–H groups in total. The molecule has 114 valence electrons. The number of nitrogens with two attached hydrogens (primary N) is 2. The molecule has 0 aromatic heterocycles. The van der Waals surface area contributed by atoms with Crippen molar-refractivity contribution < 1.29 is 21.6 Å². The van der Waals surface area contributed by atoms with Crippen LogP contribution in [-0.2, 0) is 10.0 Å². The second-order valence-electron chi connectivity index (χ2n) is 4.27. The van der Waals surface area contributed by atoms with Crippen LogP contribution in [0.3, 0.4) is 0 Å². The van der Waals surface area contributed by atoms with E-state index in [2.05, 4.69) is 0 Å². The Bertz CT molecular complexity index is 573. The maximum atomic E-state index is 12.6. The van der Waals surface area contributed by atoms with Crippen LogP contribution in [0.2, 0.25) is 0 Å². The number of hydrogen-bond acceptors (Lipinski definition) is 4. The number of primary sulfonamides is 1. The highest BCUT2D eigenvalue weighted by Crippen LogP contribution is 2.31. The quantitative estimate of drug-likeness (QED) is 0.810. The Balaban J connectivity index is 3.28. The molecular weight excluding hydrogens is 295 g/mol. The number of anilines is 2.